The van der Waals surface area contributed by atoms with Crippen molar-refractivity contribution in [2.24, 2.45) is 0 Å². The molecule has 0 heterocycles. The number of aliphatic hydroxyl groups is 1. The molecule has 0 radical (unpaired) electrons. The molecule has 0 saturated heterocycles. The first-order valence-electron chi connectivity index (χ1n) is 7.28. The zero-order chi connectivity index (χ0) is 14.7. The van der Waals surface area contributed by atoms with Gasteiger partial charge >= 0.3 is 0 Å². The zero-order valence-electron chi connectivity index (χ0n) is 12.9. The van der Waals surface area contributed by atoms with Crippen LogP contribution in [0.1, 0.15) is 45.9 Å². The third-order valence-electron chi connectivity index (χ3n) is 4.03. The SMILES string of the molecule is Cc1cccc(CCC(O)c2cc(C)c(C)cc2C)c1. The number of aliphatic hydroxyl groups excluding tert-OH is 1. The van der Waals surface area contributed by atoms with E-state index in [0.717, 1.165) is 18.4 Å². The number of rotatable bonds is 4. The van der Waals surface area contributed by atoms with Crippen LogP contribution in [0.25, 0.3) is 0 Å². The van der Waals surface area contributed by atoms with Gasteiger partial charge in [-0.25, -0.2) is 0 Å². The van der Waals surface area contributed by atoms with Gasteiger partial charge in [0.1, 0.15) is 0 Å². The van der Waals surface area contributed by atoms with Gasteiger partial charge in [-0.2, -0.15) is 0 Å². The Morgan fingerprint density at radius 3 is 2.30 bits per heavy atom. The summed E-state index contributed by atoms with van der Waals surface area (Å²) >= 11 is 0. The fraction of sp³-hybridized carbons (Fsp3) is 0.368. The summed E-state index contributed by atoms with van der Waals surface area (Å²) < 4.78 is 0. The molecule has 0 aliphatic rings. The van der Waals surface area contributed by atoms with Crippen LogP contribution in [0.4, 0.5) is 0 Å². The van der Waals surface area contributed by atoms with E-state index in [1.54, 1.807) is 0 Å². The van der Waals surface area contributed by atoms with E-state index in [2.05, 4.69) is 64.1 Å². The van der Waals surface area contributed by atoms with E-state index in [4.69, 9.17) is 0 Å². The first kappa shape index (κ1) is 14.8. The Labute approximate surface area is 122 Å². The maximum Gasteiger partial charge on any atom is 0.0795 e. The summed E-state index contributed by atoms with van der Waals surface area (Å²) in [4.78, 5) is 0. The summed E-state index contributed by atoms with van der Waals surface area (Å²) in [6, 6.07) is 12.8. The van der Waals surface area contributed by atoms with Gasteiger partial charge in [0.2, 0.25) is 0 Å². The lowest BCUT2D eigenvalue weighted by Crippen LogP contribution is -2.03. The quantitative estimate of drug-likeness (QED) is 0.860. The third-order valence-corrected chi connectivity index (χ3v) is 4.03. The van der Waals surface area contributed by atoms with E-state index in [1.165, 1.54) is 27.8 Å². The van der Waals surface area contributed by atoms with E-state index in [1.807, 2.05) is 0 Å². The minimum Gasteiger partial charge on any atom is -0.388 e. The number of hydrogen-bond acceptors (Lipinski definition) is 1. The molecule has 2 aromatic rings. The van der Waals surface area contributed by atoms with E-state index in [-0.39, 0.29) is 6.10 Å². The van der Waals surface area contributed by atoms with Gasteiger partial charge in [0.25, 0.3) is 0 Å². The lowest BCUT2D eigenvalue weighted by Gasteiger charge is -2.16. The smallest absolute Gasteiger partial charge is 0.0795 e. The van der Waals surface area contributed by atoms with Gasteiger partial charge < -0.3 is 5.11 Å². The van der Waals surface area contributed by atoms with E-state index >= 15 is 0 Å². The Morgan fingerprint density at radius 2 is 1.60 bits per heavy atom. The fourth-order valence-corrected chi connectivity index (χ4v) is 2.67. The summed E-state index contributed by atoms with van der Waals surface area (Å²) in [6.45, 7) is 8.40. The van der Waals surface area contributed by atoms with E-state index in [9.17, 15) is 5.11 Å². The second-order valence-corrected chi connectivity index (χ2v) is 5.84. The van der Waals surface area contributed by atoms with Gasteiger partial charge in [-0.3, -0.25) is 0 Å². The van der Waals surface area contributed by atoms with Crippen molar-refractivity contribution in [2.75, 3.05) is 0 Å². The minimum absolute atomic E-state index is 0.380. The highest BCUT2D eigenvalue weighted by Crippen LogP contribution is 2.25. The molecule has 0 aliphatic heterocycles. The summed E-state index contributed by atoms with van der Waals surface area (Å²) in [7, 11) is 0. The lowest BCUT2D eigenvalue weighted by atomic mass is 9.94. The maximum absolute atomic E-state index is 10.4. The maximum atomic E-state index is 10.4. The van der Waals surface area contributed by atoms with Crippen molar-refractivity contribution < 1.29 is 5.11 Å². The number of benzene rings is 2. The highest BCUT2D eigenvalue weighted by molar-refractivity contribution is 5.37. The molecule has 1 nitrogen and oxygen atoms in total. The van der Waals surface area contributed by atoms with Crippen LogP contribution in [0.2, 0.25) is 0 Å². The van der Waals surface area contributed by atoms with Gasteiger partial charge in [0.05, 0.1) is 6.10 Å². The van der Waals surface area contributed by atoms with Crippen molar-refractivity contribution >= 4 is 0 Å². The molecule has 2 aromatic carbocycles. The average Bonchev–Trinajstić information content (AvgIpc) is 2.40. The molecule has 0 bridgehead atoms. The van der Waals surface area contributed by atoms with Crippen LogP contribution in [0.3, 0.4) is 0 Å². The molecule has 1 unspecified atom stereocenters. The van der Waals surface area contributed by atoms with Crippen molar-refractivity contribution in [1.29, 1.82) is 0 Å². The monoisotopic (exact) mass is 268 g/mol. The predicted octanol–water partition coefficient (Wildman–Crippen LogP) is 4.59. The Bertz CT molecular complexity index is 599. The van der Waals surface area contributed by atoms with Gasteiger partial charge in [0.15, 0.2) is 0 Å². The standard InChI is InChI=1S/C19H24O/c1-13-6-5-7-17(10-13)8-9-19(20)18-12-15(3)14(2)11-16(18)4/h5-7,10-12,19-20H,8-9H2,1-4H3. The average molecular weight is 268 g/mol. The van der Waals surface area contributed by atoms with Crippen LogP contribution < -0.4 is 0 Å². The predicted molar refractivity (Wildman–Crippen MR) is 85.1 cm³/mol. The van der Waals surface area contributed by atoms with Gasteiger partial charge in [-0.15, -0.1) is 0 Å². The van der Waals surface area contributed by atoms with Crippen LogP contribution in [0.5, 0.6) is 0 Å². The molecule has 106 valence electrons. The molecule has 1 atom stereocenters. The molecule has 0 fully saturated rings. The first-order chi connectivity index (χ1) is 9.47. The van der Waals surface area contributed by atoms with Gasteiger partial charge in [0, 0.05) is 0 Å². The van der Waals surface area contributed by atoms with Crippen molar-refractivity contribution in [1.82, 2.24) is 0 Å². The second-order valence-electron chi connectivity index (χ2n) is 5.84. The molecule has 1 N–H and O–H groups in total. The van der Waals surface area contributed by atoms with Crippen molar-refractivity contribution in [3.63, 3.8) is 0 Å². The topological polar surface area (TPSA) is 20.2 Å². The van der Waals surface area contributed by atoms with E-state index < -0.39 is 0 Å². The number of hydrogen-bond donors (Lipinski definition) is 1. The van der Waals surface area contributed by atoms with Crippen LogP contribution in [0, 0.1) is 27.7 Å². The normalized spacial score (nSPS) is 12.4. The van der Waals surface area contributed by atoms with Crippen molar-refractivity contribution in [3.8, 4) is 0 Å². The Morgan fingerprint density at radius 1 is 0.900 bits per heavy atom. The molecule has 0 aliphatic carbocycles. The van der Waals surface area contributed by atoms with E-state index in [0.29, 0.717) is 0 Å². The minimum atomic E-state index is -0.380. The first-order valence-corrected chi connectivity index (χ1v) is 7.28. The summed E-state index contributed by atoms with van der Waals surface area (Å²) in [5.74, 6) is 0. The molecule has 0 spiro atoms. The number of aryl methyl sites for hydroxylation is 5. The highest BCUT2D eigenvalue weighted by atomic mass is 16.3. The van der Waals surface area contributed by atoms with Crippen LogP contribution in [-0.4, -0.2) is 5.11 Å². The summed E-state index contributed by atoms with van der Waals surface area (Å²) in [5.41, 5.74) is 7.37. The van der Waals surface area contributed by atoms with Crippen LogP contribution >= 0.6 is 0 Å². The van der Waals surface area contributed by atoms with Crippen molar-refractivity contribution in [2.45, 2.75) is 46.6 Å². The fourth-order valence-electron chi connectivity index (χ4n) is 2.67. The Balaban J connectivity index is 2.09. The van der Waals surface area contributed by atoms with Crippen molar-refractivity contribution in [3.05, 3.63) is 69.8 Å². The van der Waals surface area contributed by atoms with Crippen LogP contribution in [0.15, 0.2) is 36.4 Å². The molecule has 1 heteroatoms. The van der Waals surface area contributed by atoms with Gasteiger partial charge in [-0.05, 0) is 68.4 Å². The second kappa shape index (κ2) is 6.23. The highest BCUT2D eigenvalue weighted by Gasteiger charge is 2.12. The Kier molecular flexibility index (Phi) is 4.61. The molecule has 0 amide bonds. The molecular formula is C19H24O. The molecule has 20 heavy (non-hydrogen) atoms. The molecule has 0 aromatic heterocycles. The van der Waals surface area contributed by atoms with Gasteiger partial charge in [-0.1, -0.05) is 42.0 Å². The van der Waals surface area contributed by atoms with Crippen LogP contribution in [-0.2, 0) is 6.42 Å². The largest absolute Gasteiger partial charge is 0.388 e. The molecule has 0 saturated carbocycles. The lowest BCUT2D eigenvalue weighted by molar-refractivity contribution is 0.167. The summed E-state index contributed by atoms with van der Waals surface area (Å²) in [6.07, 6.45) is 1.30. The zero-order valence-corrected chi connectivity index (χ0v) is 12.9. The molecule has 2 rings (SSSR count). The Hall–Kier alpha value is -1.60. The molecular weight excluding hydrogens is 244 g/mol. The third kappa shape index (κ3) is 3.49. The summed E-state index contributed by atoms with van der Waals surface area (Å²) in [5, 5.41) is 10.4.